The largest absolute Gasteiger partial charge is 0.394 e. The van der Waals surface area contributed by atoms with E-state index in [4.69, 9.17) is 0 Å². The van der Waals surface area contributed by atoms with E-state index in [9.17, 15) is 15.0 Å². The van der Waals surface area contributed by atoms with E-state index in [1.165, 1.54) is 141 Å². The van der Waals surface area contributed by atoms with E-state index in [2.05, 4.69) is 92.1 Å². The average Bonchev–Trinajstić information content (AvgIpc) is 3.23. The van der Waals surface area contributed by atoms with E-state index in [-0.39, 0.29) is 12.5 Å². The Labute approximate surface area is 361 Å². The van der Waals surface area contributed by atoms with E-state index in [0.29, 0.717) is 6.42 Å². The van der Waals surface area contributed by atoms with Crippen LogP contribution in [0, 0.1) is 0 Å². The lowest BCUT2D eigenvalue weighted by atomic mass is 10.0. The molecule has 4 heteroatoms. The van der Waals surface area contributed by atoms with Crippen LogP contribution < -0.4 is 5.32 Å². The van der Waals surface area contributed by atoms with Gasteiger partial charge in [0.1, 0.15) is 0 Å². The van der Waals surface area contributed by atoms with Crippen molar-refractivity contribution in [3.63, 3.8) is 0 Å². The van der Waals surface area contributed by atoms with Crippen LogP contribution in [0.15, 0.2) is 85.1 Å². The second kappa shape index (κ2) is 48.9. The van der Waals surface area contributed by atoms with Crippen molar-refractivity contribution in [2.45, 2.75) is 244 Å². The minimum Gasteiger partial charge on any atom is -0.394 e. The van der Waals surface area contributed by atoms with Gasteiger partial charge in [0, 0.05) is 6.42 Å². The molecule has 0 saturated heterocycles. The van der Waals surface area contributed by atoms with E-state index >= 15 is 0 Å². The second-order valence-electron chi connectivity index (χ2n) is 16.5. The summed E-state index contributed by atoms with van der Waals surface area (Å²) in [4.78, 5) is 12.4. The number of amides is 1. The van der Waals surface area contributed by atoms with Gasteiger partial charge < -0.3 is 15.5 Å². The highest BCUT2D eigenvalue weighted by atomic mass is 16.3. The number of carbonyl (C=O) groups is 1. The zero-order valence-electron chi connectivity index (χ0n) is 38.3. The topological polar surface area (TPSA) is 69.6 Å². The summed E-state index contributed by atoms with van der Waals surface area (Å²) in [6, 6.07) is -0.632. The molecule has 0 bridgehead atoms. The highest BCUT2D eigenvalue weighted by Crippen LogP contribution is 2.15. The van der Waals surface area contributed by atoms with Gasteiger partial charge in [-0.15, -0.1) is 0 Å². The number of aliphatic hydroxyl groups is 2. The molecule has 2 unspecified atom stereocenters. The zero-order chi connectivity index (χ0) is 42.1. The number of rotatable bonds is 44. The number of allylic oxidation sites excluding steroid dienone is 13. The number of hydrogen-bond donors (Lipinski definition) is 3. The molecule has 0 aromatic heterocycles. The standard InChI is InChI=1S/C54H95NO3/c1-3-5-7-9-11-13-15-17-19-21-23-24-25-26-27-28-29-30-32-34-36-38-40-42-44-46-48-50-54(58)55-52(51-56)53(57)49-47-45-43-41-39-37-35-33-31-22-20-18-16-14-12-10-8-6-4-2/h5,7,11,13,17,19,23-24,26-27,29-30,47,49,52-53,56-57H,3-4,6,8-10,12,14-16,18,20-22,25,28,31-46,48,50-51H2,1-2H3,(H,55,58)/b7-5-,13-11-,19-17-,24-23-,27-26-,30-29-,49-47+. The van der Waals surface area contributed by atoms with Crippen molar-refractivity contribution < 1.29 is 15.0 Å². The van der Waals surface area contributed by atoms with Crippen molar-refractivity contribution in [3.8, 4) is 0 Å². The first kappa shape index (κ1) is 55.6. The molecule has 334 valence electrons. The van der Waals surface area contributed by atoms with Gasteiger partial charge in [0.25, 0.3) is 0 Å². The summed E-state index contributed by atoms with van der Waals surface area (Å²) < 4.78 is 0. The lowest BCUT2D eigenvalue weighted by Gasteiger charge is -2.20. The van der Waals surface area contributed by atoms with Crippen molar-refractivity contribution >= 4 is 5.91 Å². The number of hydrogen-bond acceptors (Lipinski definition) is 3. The normalized spacial score (nSPS) is 13.7. The molecule has 0 aliphatic rings. The molecule has 58 heavy (non-hydrogen) atoms. The Morgan fingerprint density at radius 3 is 1.14 bits per heavy atom. The molecule has 0 aromatic carbocycles. The smallest absolute Gasteiger partial charge is 0.220 e. The molecule has 0 rings (SSSR count). The van der Waals surface area contributed by atoms with Crippen molar-refractivity contribution in [3.05, 3.63) is 85.1 Å². The highest BCUT2D eigenvalue weighted by Gasteiger charge is 2.17. The predicted molar refractivity (Wildman–Crippen MR) is 257 cm³/mol. The number of carbonyl (C=O) groups excluding carboxylic acids is 1. The highest BCUT2D eigenvalue weighted by molar-refractivity contribution is 5.76. The maximum atomic E-state index is 12.4. The molecule has 4 nitrogen and oxygen atoms in total. The molecule has 0 aliphatic heterocycles. The summed E-state index contributed by atoms with van der Waals surface area (Å²) in [5.74, 6) is -0.0749. The molecule has 0 saturated carbocycles. The molecule has 1 amide bonds. The lowest BCUT2D eigenvalue weighted by Crippen LogP contribution is -2.45. The Morgan fingerprint density at radius 2 is 0.759 bits per heavy atom. The first-order valence-electron chi connectivity index (χ1n) is 24.8. The summed E-state index contributed by atoms with van der Waals surface area (Å²) >= 11 is 0. The van der Waals surface area contributed by atoms with Crippen LogP contribution in [0.2, 0.25) is 0 Å². The second-order valence-corrected chi connectivity index (χ2v) is 16.5. The van der Waals surface area contributed by atoms with Crippen LogP contribution in [0.5, 0.6) is 0 Å². The third kappa shape index (κ3) is 44.7. The lowest BCUT2D eigenvalue weighted by molar-refractivity contribution is -0.123. The third-order valence-electron chi connectivity index (χ3n) is 10.9. The van der Waals surface area contributed by atoms with Gasteiger partial charge in [-0.25, -0.2) is 0 Å². The fourth-order valence-electron chi connectivity index (χ4n) is 7.12. The summed E-state index contributed by atoms with van der Waals surface area (Å²) in [5, 5.41) is 23.1. The van der Waals surface area contributed by atoms with Gasteiger partial charge in [0.2, 0.25) is 5.91 Å². The summed E-state index contributed by atoms with van der Waals surface area (Å²) in [5.41, 5.74) is 0. The van der Waals surface area contributed by atoms with Crippen molar-refractivity contribution in [2.24, 2.45) is 0 Å². The van der Waals surface area contributed by atoms with Gasteiger partial charge >= 0.3 is 0 Å². The van der Waals surface area contributed by atoms with Crippen molar-refractivity contribution in [1.29, 1.82) is 0 Å². The SMILES string of the molecule is CC/C=C\C/C=C\C/C=C\C/C=C\C/C=C\C/C=C\CCCCCCCCCCC(=O)NC(CO)C(O)/C=C/CCCCCCCCCCCCCCCCCCC. The van der Waals surface area contributed by atoms with Crippen molar-refractivity contribution in [1.82, 2.24) is 5.32 Å². The van der Waals surface area contributed by atoms with Gasteiger partial charge in [-0.3, -0.25) is 4.79 Å². The molecular formula is C54H95NO3. The number of aliphatic hydroxyl groups excluding tert-OH is 2. The molecule has 0 radical (unpaired) electrons. The molecule has 0 heterocycles. The molecular weight excluding hydrogens is 711 g/mol. The first-order valence-corrected chi connectivity index (χ1v) is 24.8. The molecule has 3 N–H and O–H groups in total. The predicted octanol–water partition coefficient (Wildman–Crippen LogP) is 16.0. The Morgan fingerprint density at radius 1 is 0.431 bits per heavy atom. The van der Waals surface area contributed by atoms with Crippen molar-refractivity contribution in [2.75, 3.05) is 6.61 Å². The molecule has 0 fully saturated rings. The quantitative estimate of drug-likeness (QED) is 0.0424. The van der Waals surface area contributed by atoms with E-state index in [0.717, 1.165) is 70.6 Å². The van der Waals surface area contributed by atoms with Crippen LogP contribution in [0.3, 0.4) is 0 Å². The summed E-state index contributed by atoms with van der Waals surface area (Å²) in [7, 11) is 0. The van der Waals surface area contributed by atoms with Crippen LogP contribution in [0.1, 0.15) is 232 Å². The Bertz CT molecular complexity index is 1050. The third-order valence-corrected chi connectivity index (χ3v) is 10.9. The Kier molecular flexibility index (Phi) is 46.9. The molecule has 2 atom stereocenters. The van der Waals surface area contributed by atoms with Gasteiger partial charge in [0.15, 0.2) is 0 Å². The van der Waals surface area contributed by atoms with E-state index in [1.54, 1.807) is 6.08 Å². The monoisotopic (exact) mass is 806 g/mol. The molecule has 0 aromatic rings. The van der Waals surface area contributed by atoms with Crippen LogP contribution in [0.25, 0.3) is 0 Å². The molecule has 0 aliphatic carbocycles. The van der Waals surface area contributed by atoms with Gasteiger partial charge in [-0.2, -0.15) is 0 Å². The fraction of sp³-hybridized carbons (Fsp3) is 0.722. The Hall–Kier alpha value is -2.43. The number of unbranched alkanes of at least 4 members (excludes halogenated alkanes) is 25. The number of nitrogens with one attached hydrogen (secondary N) is 1. The minimum absolute atomic E-state index is 0.0749. The van der Waals surface area contributed by atoms with E-state index in [1.807, 2.05) is 6.08 Å². The zero-order valence-corrected chi connectivity index (χ0v) is 38.3. The van der Waals surface area contributed by atoms with Gasteiger partial charge in [-0.05, 0) is 70.6 Å². The summed E-state index contributed by atoms with van der Waals surface area (Å²) in [6.07, 6.45) is 71.3. The van der Waals surface area contributed by atoms with Crippen LogP contribution >= 0.6 is 0 Å². The Balaban J connectivity index is 3.61. The van der Waals surface area contributed by atoms with Gasteiger partial charge in [0.05, 0.1) is 18.8 Å². The minimum atomic E-state index is -0.848. The van der Waals surface area contributed by atoms with Crippen LogP contribution in [-0.2, 0) is 4.79 Å². The fourth-order valence-corrected chi connectivity index (χ4v) is 7.12. The first-order chi connectivity index (χ1) is 28.7. The van der Waals surface area contributed by atoms with Gasteiger partial charge in [-0.1, -0.05) is 240 Å². The molecule has 0 spiro atoms. The van der Waals surface area contributed by atoms with Crippen LogP contribution in [-0.4, -0.2) is 34.9 Å². The van der Waals surface area contributed by atoms with E-state index < -0.39 is 12.1 Å². The van der Waals surface area contributed by atoms with Crippen LogP contribution in [0.4, 0.5) is 0 Å². The summed E-state index contributed by atoms with van der Waals surface area (Å²) in [6.45, 7) is 4.20. The maximum Gasteiger partial charge on any atom is 0.220 e. The maximum absolute atomic E-state index is 12.4. The average molecular weight is 806 g/mol.